The number of fused-ring (bicyclic) bond motifs is 4. The number of sulfonamides is 1. The molecular formula is C34H24N2O5S. The maximum Gasteiger partial charge on any atom is 0.244 e. The van der Waals surface area contributed by atoms with Gasteiger partial charge in [-0.25, -0.2) is 8.42 Å². The van der Waals surface area contributed by atoms with Crippen molar-refractivity contribution in [1.29, 1.82) is 0 Å². The number of hydrogen-bond donors (Lipinski definition) is 1. The quantitative estimate of drug-likeness (QED) is 0.306. The highest BCUT2D eigenvalue weighted by atomic mass is 32.2. The highest BCUT2D eigenvalue weighted by molar-refractivity contribution is 7.89. The average Bonchev–Trinajstić information content (AvgIpc) is 3.02. The fourth-order valence-corrected chi connectivity index (χ4v) is 7.44. The first-order chi connectivity index (χ1) is 20.3. The van der Waals surface area contributed by atoms with E-state index >= 15 is 0 Å². The summed E-state index contributed by atoms with van der Waals surface area (Å²) in [4.78, 5) is 40.1. The van der Waals surface area contributed by atoms with Crippen LogP contribution in [-0.4, -0.2) is 36.2 Å². The molecule has 0 fully saturated rings. The first kappa shape index (κ1) is 26.0. The predicted molar refractivity (Wildman–Crippen MR) is 159 cm³/mol. The van der Waals surface area contributed by atoms with E-state index in [4.69, 9.17) is 0 Å². The molecule has 1 atom stereocenters. The second kappa shape index (κ2) is 9.87. The minimum absolute atomic E-state index is 0.0391. The molecule has 5 aromatic rings. The number of carbonyl (C=O) groups is 3. The number of benzene rings is 5. The number of rotatable bonds is 4. The Hall–Kier alpha value is -4.92. The summed E-state index contributed by atoms with van der Waals surface area (Å²) in [6.45, 7) is 0.0391. The van der Waals surface area contributed by atoms with E-state index in [0.29, 0.717) is 16.8 Å². The largest absolute Gasteiger partial charge is 0.325 e. The molecule has 1 amide bonds. The normalized spacial score (nSPS) is 16.4. The van der Waals surface area contributed by atoms with E-state index in [-0.39, 0.29) is 40.6 Å². The minimum atomic E-state index is -4.07. The molecule has 0 bridgehead atoms. The number of ketones is 2. The standard InChI is InChI=1S/C34H24N2O5S/c37-32-27-11-5-6-12-28(27)33(38)30-19-25(14-16-29(30)32)35-34(39)31-18-23-9-3-4-10-24(23)20-36(31)42(40,41)26-15-13-21-7-1-2-8-22(21)17-26/h1-17,19,31H,18,20H2,(H,35,39). The van der Waals surface area contributed by atoms with Gasteiger partial charge in [-0.05, 0) is 58.7 Å². The van der Waals surface area contributed by atoms with Crippen LogP contribution in [0.1, 0.15) is 43.0 Å². The zero-order valence-electron chi connectivity index (χ0n) is 22.3. The Morgan fingerprint density at radius 1 is 0.667 bits per heavy atom. The molecule has 5 aromatic carbocycles. The molecule has 1 aliphatic heterocycles. The van der Waals surface area contributed by atoms with E-state index in [9.17, 15) is 22.8 Å². The second-order valence-corrected chi connectivity index (χ2v) is 12.4. The molecule has 0 aromatic heterocycles. The predicted octanol–water partition coefficient (Wildman–Crippen LogP) is 5.37. The van der Waals surface area contributed by atoms with Crippen LogP contribution in [0, 0.1) is 0 Å². The van der Waals surface area contributed by atoms with Gasteiger partial charge in [0.15, 0.2) is 11.6 Å². The molecular weight excluding hydrogens is 548 g/mol. The van der Waals surface area contributed by atoms with Gasteiger partial charge < -0.3 is 5.32 Å². The zero-order chi connectivity index (χ0) is 29.0. The molecule has 1 heterocycles. The first-order valence-corrected chi connectivity index (χ1v) is 15.0. The molecule has 0 saturated carbocycles. The van der Waals surface area contributed by atoms with Crippen molar-refractivity contribution < 1.29 is 22.8 Å². The zero-order valence-corrected chi connectivity index (χ0v) is 23.1. The molecule has 0 spiro atoms. The smallest absolute Gasteiger partial charge is 0.244 e. The summed E-state index contributed by atoms with van der Waals surface area (Å²) < 4.78 is 29.4. The van der Waals surface area contributed by atoms with Crippen molar-refractivity contribution in [3.63, 3.8) is 0 Å². The van der Waals surface area contributed by atoms with Crippen LogP contribution in [0.15, 0.2) is 114 Å². The summed E-state index contributed by atoms with van der Waals surface area (Å²) in [6, 6.07) is 30.1. The lowest BCUT2D eigenvalue weighted by molar-refractivity contribution is -0.120. The van der Waals surface area contributed by atoms with Gasteiger partial charge in [0.25, 0.3) is 0 Å². The van der Waals surface area contributed by atoms with E-state index in [2.05, 4.69) is 5.32 Å². The van der Waals surface area contributed by atoms with E-state index < -0.39 is 22.0 Å². The van der Waals surface area contributed by atoms with Gasteiger partial charge in [-0.3, -0.25) is 14.4 Å². The summed E-state index contributed by atoms with van der Waals surface area (Å²) in [5.41, 5.74) is 3.17. The van der Waals surface area contributed by atoms with Crippen molar-refractivity contribution in [2.24, 2.45) is 0 Å². The van der Waals surface area contributed by atoms with Gasteiger partial charge in [-0.15, -0.1) is 0 Å². The lowest BCUT2D eigenvalue weighted by Crippen LogP contribution is -2.50. The summed E-state index contributed by atoms with van der Waals surface area (Å²) in [5.74, 6) is -1.08. The molecule has 42 heavy (non-hydrogen) atoms. The van der Waals surface area contributed by atoms with E-state index in [1.54, 1.807) is 48.5 Å². The molecule has 7 rings (SSSR count). The number of anilines is 1. The number of amides is 1. The van der Waals surface area contributed by atoms with E-state index in [0.717, 1.165) is 21.9 Å². The van der Waals surface area contributed by atoms with Crippen molar-refractivity contribution in [2.45, 2.75) is 23.9 Å². The summed E-state index contributed by atoms with van der Waals surface area (Å²) in [5, 5.41) is 4.53. The van der Waals surface area contributed by atoms with Crippen molar-refractivity contribution in [3.8, 4) is 0 Å². The maximum absolute atomic E-state index is 14.1. The Morgan fingerprint density at radius 2 is 1.29 bits per heavy atom. The van der Waals surface area contributed by atoms with Crippen molar-refractivity contribution >= 4 is 44.0 Å². The van der Waals surface area contributed by atoms with E-state index in [1.807, 2.05) is 48.5 Å². The SMILES string of the molecule is O=C1c2ccccc2C(=O)c2cc(NC(=O)C3Cc4ccccc4CN3S(=O)(=O)c3ccc4ccccc4c3)ccc21. The van der Waals surface area contributed by atoms with Gasteiger partial charge in [-0.1, -0.05) is 78.9 Å². The monoisotopic (exact) mass is 572 g/mol. The Labute approximate surface area is 242 Å². The fourth-order valence-electron chi connectivity index (χ4n) is 5.84. The van der Waals surface area contributed by atoms with E-state index in [1.165, 1.54) is 16.4 Å². The van der Waals surface area contributed by atoms with Crippen molar-refractivity contribution in [1.82, 2.24) is 4.31 Å². The van der Waals surface area contributed by atoms with Gasteiger partial charge in [0, 0.05) is 34.5 Å². The van der Waals surface area contributed by atoms with Crippen LogP contribution in [-0.2, 0) is 27.8 Å². The molecule has 0 radical (unpaired) electrons. The molecule has 7 nitrogen and oxygen atoms in total. The van der Waals surface area contributed by atoms with Gasteiger partial charge in [0.1, 0.15) is 6.04 Å². The van der Waals surface area contributed by atoms with Crippen LogP contribution in [0.4, 0.5) is 5.69 Å². The number of carbonyl (C=O) groups excluding carboxylic acids is 3. The molecule has 1 aliphatic carbocycles. The third-order valence-corrected chi connectivity index (χ3v) is 9.88. The van der Waals surface area contributed by atoms with Gasteiger partial charge >= 0.3 is 0 Å². The summed E-state index contributed by atoms with van der Waals surface area (Å²) in [7, 11) is -4.07. The summed E-state index contributed by atoms with van der Waals surface area (Å²) >= 11 is 0. The maximum atomic E-state index is 14.1. The molecule has 1 unspecified atom stereocenters. The number of nitrogens with zero attached hydrogens (tertiary/aromatic N) is 1. The lowest BCUT2D eigenvalue weighted by atomic mass is 9.84. The Balaban J connectivity index is 1.24. The Morgan fingerprint density at radius 3 is 2.05 bits per heavy atom. The number of nitrogens with one attached hydrogen (secondary N) is 1. The second-order valence-electron chi connectivity index (χ2n) is 10.5. The van der Waals surface area contributed by atoms with Gasteiger partial charge in [-0.2, -0.15) is 4.31 Å². The third-order valence-electron chi connectivity index (χ3n) is 8.03. The topological polar surface area (TPSA) is 101 Å². The average molecular weight is 573 g/mol. The molecule has 206 valence electrons. The molecule has 1 N–H and O–H groups in total. The number of hydrogen-bond acceptors (Lipinski definition) is 5. The van der Waals surface area contributed by atoms with Crippen LogP contribution in [0.2, 0.25) is 0 Å². The summed E-state index contributed by atoms with van der Waals surface area (Å²) in [6.07, 6.45) is 0.185. The lowest BCUT2D eigenvalue weighted by Gasteiger charge is -2.35. The molecule has 0 saturated heterocycles. The molecule has 2 aliphatic rings. The van der Waals surface area contributed by atoms with Crippen LogP contribution < -0.4 is 5.32 Å². The first-order valence-electron chi connectivity index (χ1n) is 13.5. The Bertz CT molecular complexity index is 2070. The van der Waals surface area contributed by atoms with Crippen LogP contribution >= 0.6 is 0 Å². The minimum Gasteiger partial charge on any atom is -0.325 e. The molecule has 8 heteroatoms. The van der Waals surface area contributed by atoms with Crippen LogP contribution in [0.25, 0.3) is 10.8 Å². The van der Waals surface area contributed by atoms with Crippen LogP contribution in [0.3, 0.4) is 0 Å². The Kier molecular flexibility index (Phi) is 6.11. The van der Waals surface area contributed by atoms with Crippen molar-refractivity contribution in [2.75, 3.05) is 5.32 Å². The van der Waals surface area contributed by atoms with Gasteiger partial charge in [0.05, 0.1) is 4.90 Å². The third kappa shape index (κ3) is 4.24. The highest BCUT2D eigenvalue weighted by Gasteiger charge is 2.40. The van der Waals surface area contributed by atoms with Gasteiger partial charge in [0.2, 0.25) is 15.9 Å². The van der Waals surface area contributed by atoms with Crippen molar-refractivity contribution in [3.05, 3.63) is 143 Å². The fraction of sp³-hybridized carbons (Fsp3) is 0.0882. The highest BCUT2D eigenvalue weighted by Crippen LogP contribution is 2.33. The van der Waals surface area contributed by atoms with Crippen LogP contribution in [0.5, 0.6) is 0 Å².